The van der Waals surface area contributed by atoms with E-state index in [1.165, 1.54) is 14.4 Å². The third-order valence-corrected chi connectivity index (χ3v) is 49.5. The van der Waals surface area contributed by atoms with E-state index in [0.717, 1.165) is 0 Å². The van der Waals surface area contributed by atoms with Crippen molar-refractivity contribution in [3.63, 3.8) is 0 Å². The molecule has 0 spiro atoms. The van der Waals surface area contributed by atoms with Crippen LogP contribution in [0.1, 0.15) is 0 Å². The van der Waals surface area contributed by atoms with Gasteiger partial charge in [-0.15, -0.1) is 0 Å². The molecule has 5 heteroatoms. The zero-order chi connectivity index (χ0) is 20.2. The molecule has 1 nitrogen and oxygen atoms in total. The van der Waals surface area contributed by atoms with Crippen LogP contribution >= 0.6 is 37.4 Å². The van der Waals surface area contributed by atoms with Crippen LogP contribution < -0.4 is 14.4 Å². The fourth-order valence-electron chi connectivity index (χ4n) is 2.94. The summed E-state index contributed by atoms with van der Waals surface area (Å²) in [6, 6.07) is 43.4. The number of halogens is 2. The summed E-state index contributed by atoms with van der Waals surface area (Å²) in [5.41, 5.74) is 0. The number of hydrogen-bond acceptors (Lipinski definition) is 1. The monoisotopic (exact) mass is 838 g/mol. The SMILES string of the molecule is I[Te](O[Te](I)(c1ccccc1)c1ccccc1)(c1ccccc1)c1ccccc1. The van der Waals surface area contributed by atoms with Crippen LogP contribution in [0.3, 0.4) is 0 Å². The Morgan fingerprint density at radius 1 is 0.379 bits per heavy atom. The van der Waals surface area contributed by atoms with Crippen molar-refractivity contribution in [2.24, 2.45) is 0 Å². The van der Waals surface area contributed by atoms with Gasteiger partial charge in [0, 0.05) is 0 Å². The molecular formula is C24H20I2OTe2. The fraction of sp³-hybridized carbons (Fsp3) is 0. The zero-order valence-electron chi connectivity index (χ0n) is 15.5. The van der Waals surface area contributed by atoms with Crippen molar-refractivity contribution < 1.29 is 1.47 Å². The van der Waals surface area contributed by atoms with E-state index in [9.17, 15) is 0 Å². The molecule has 0 saturated carbocycles. The molecule has 0 aliphatic carbocycles. The van der Waals surface area contributed by atoms with E-state index in [2.05, 4.69) is 159 Å². The molecule has 4 rings (SSSR count). The Morgan fingerprint density at radius 3 is 0.793 bits per heavy atom. The van der Waals surface area contributed by atoms with Gasteiger partial charge in [-0.3, -0.25) is 0 Å². The van der Waals surface area contributed by atoms with E-state index >= 15 is 0 Å². The summed E-state index contributed by atoms with van der Waals surface area (Å²) < 4.78 is 12.9. The summed E-state index contributed by atoms with van der Waals surface area (Å²) in [6.07, 6.45) is 0. The first-order chi connectivity index (χ1) is 14.1. The minimum absolute atomic E-state index is 1.35. The molecule has 0 radical (unpaired) electrons. The Morgan fingerprint density at radius 2 is 0.586 bits per heavy atom. The fourth-order valence-corrected chi connectivity index (χ4v) is 63.2. The van der Waals surface area contributed by atoms with Gasteiger partial charge in [-0.2, -0.15) is 0 Å². The van der Waals surface area contributed by atoms with Gasteiger partial charge in [-0.1, -0.05) is 0 Å². The average Bonchev–Trinajstić information content (AvgIpc) is 2.81. The molecule has 0 aliphatic heterocycles. The van der Waals surface area contributed by atoms with Crippen LogP contribution in [0.5, 0.6) is 0 Å². The van der Waals surface area contributed by atoms with Crippen molar-refractivity contribution in [1.29, 1.82) is 0 Å². The predicted octanol–water partition coefficient (Wildman–Crippen LogP) is 4.39. The second-order valence-corrected chi connectivity index (χ2v) is 36.9. The Kier molecular flexibility index (Phi) is 7.62. The van der Waals surface area contributed by atoms with Gasteiger partial charge < -0.3 is 0 Å². The Balaban J connectivity index is 1.91. The summed E-state index contributed by atoms with van der Waals surface area (Å²) >= 11 is -0.904. The minimum atomic E-state index is -3.15. The van der Waals surface area contributed by atoms with Crippen LogP contribution in [-0.4, -0.2) is 29.3 Å². The van der Waals surface area contributed by atoms with Gasteiger partial charge in [-0.25, -0.2) is 0 Å². The first-order valence-electron chi connectivity index (χ1n) is 9.10. The van der Waals surface area contributed by atoms with Crippen LogP contribution in [0.15, 0.2) is 121 Å². The molecule has 0 heterocycles. The molecule has 0 bridgehead atoms. The summed E-state index contributed by atoms with van der Waals surface area (Å²) in [7, 11) is 0. The first-order valence-corrected chi connectivity index (χ1v) is 29.2. The number of benzene rings is 4. The standard InChI is InChI=1S/C24H20I2OTe2/c25-28(21-13-5-1-6-14-21,22-15-7-2-8-16-22)27-29(26,23-17-9-3-10-18-23)24-19-11-4-12-20-24/h1-20H. The van der Waals surface area contributed by atoms with Crippen LogP contribution in [0.4, 0.5) is 0 Å². The van der Waals surface area contributed by atoms with E-state index in [0.29, 0.717) is 0 Å². The molecule has 148 valence electrons. The number of hydrogen-bond donors (Lipinski definition) is 0. The molecule has 0 atom stereocenters. The topological polar surface area (TPSA) is 9.23 Å². The molecule has 0 N–H and O–H groups in total. The van der Waals surface area contributed by atoms with Crippen molar-refractivity contribution in [3.05, 3.63) is 121 Å². The van der Waals surface area contributed by atoms with Crippen molar-refractivity contribution in [2.45, 2.75) is 0 Å². The van der Waals surface area contributed by atoms with E-state index in [1.807, 2.05) is 0 Å². The van der Waals surface area contributed by atoms with Crippen LogP contribution in [-0.2, 0) is 1.47 Å². The van der Waals surface area contributed by atoms with Crippen LogP contribution in [0.2, 0.25) is 0 Å². The van der Waals surface area contributed by atoms with Crippen molar-refractivity contribution >= 4 is 81.1 Å². The van der Waals surface area contributed by atoms with Crippen LogP contribution in [0, 0.1) is 0 Å². The quantitative estimate of drug-likeness (QED) is 0.207. The molecule has 0 fully saturated rings. The average molecular weight is 833 g/mol. The van der Waals surface area contributed by atoms with E-state index < -0.39 is 29.3 Å². The molecular weight excluding hydrogens is 813 g/mol. The zero-order valence-corrected chi connectivity index (χ0v) is 24.5. The van der Waals surface area contributed by atoms with E-state index in [4.69, 9.17) is 1.47 Å². The summed E-state index contributed by atoms with van der Waals surface area (Å²) in [5, 5.41) is 0. The second kappa shape index (κ2) is 10.0. The van der Waals surface area contributed by atoms with Gasteiger partial charge in [0.05, 0.1) is 0 Å². The van der Waals surface area contributed by atoms with Crippen LogP contribution in [0.25, 0.3) is 0 Å². The molecule has 0 aliphatic rings. The number of rotatable bonds is 6. The molecule has 4 aromatic carbocycles. The molecule has 0 aromatic heterocycles. The van der Waals surface area contributed by atoms with Gasteiger partial charge in [0.15, 0.2) is 0 Å². The summed E-state index contributed by atoms with van der Waals surface area (Å²) in [5.74, 6) is 0. The third kappa shape index (κ3) is 4.88. The second-order valence-electron chi connectivity index (χ2n) is 6.29. The van der Waals surface area contributed by atoms with Crippen molar-refractivity contribution in [1.82, 2.24) is 0 Å². The summed E-state index contributed by atoms with van der Waals surface area (Å²) in [6.45, 7) is 0. The van der Waals surface area contributed by atoms with Gasteiger partial charge >= 0.3 is 204 Å². The van der Waals surface area contributed by atoms with E-state index in [-0.39, 0.29) is 0 Å². The third-order valence-electron chi connectivity index (χ3n) is 4.37. The Hall–Kier alpha value is -0.121. The maximum atomic E-state index is 7.52. The van der Waals surface area contributed by atoms with Gasteiger partial charge in [0.25, 0.3) is 0 Å². The van der Waals surface area contributed by atoms with Gasteiger partial charge in [0.1, 0.15) is 0 Å². The van der Waals surface area contributed by atoms with Crippen molar-refractivity contribution in [2.75, 3.05) is 0 Å². The Labute approximate surface area is 201 Å². The normalized spacial score (nSPS) is 13.0. The first kappa shape index (κ1) is 22.1. The summed E-state index contributed by atoms with van der Waals surface area (Å²) in [4.78, 5) is 0. The molecule has 0 saturated heterocycles. The molecule has 0 unspecified atom stereocenters. The molecule has 4 aromatic rings. The van der Waals surface area contributed by atoms with E-state index in [1.54, 1.807) is 0 Å². The maximum absolute atomic E-state index is 7.52. The Bertz CT molecular complexity index is 879. The molecule has 0 amide bonds. The van der Waals surface area contributed by atoms with Gasteiger partial charge in [-0.05, 0) is 0 Å². The van der Waals surface area contributed by atoms with Crippen molar-refractivity contribution in [3.8, 4) is 0 Å². The predicted molar refractivity (Wildman–Crippen MR) is 145 cm³/mol. The molecule has 29 heavy (non-hydrogen) atoms. The van der Waals surface area contributed by atoms with Gasteiger partial charge in [0.2, 0.25) is 0 Å².